The van der Waals surface area contributed by atoms with Crippen LogP contribution in [0, 0.1) is 0 Å². The summed E-state index contributed by atoms with van der Waals surface area (Å²) in [6.45, 7) is 5.92. The molecule has 5 heteroatoms. The number of halogens is 1. The van der Waals surface area contributed by atoms with E-state index in [2.05, 4.69) is 29.7 Å². The number of rotatable bonds is 7. The van der Waals surface area contributed by atoms with E-state index in [4.69, 9.17) is 4.74 Å². The fourth-order valence-electron chi connectivity index (χ4n) is 2.86. The molecule has 0 saturated carbocycles. The highest BCUT2D eigenvalue weighted by molar-refractivity contribution is 5.88. The van der Waals surface area contributed by atoms with E-state index in [-0.39, 0.29) is 18.3 Å². The molecule has 1 fully saturated rings. The van der Waals surface area contributed by atoms with Gasteiger partial charge in [-0.2, -0.15) is 0 Å². The minimum Gasteiger partial charge on any atom is -0.381 e. The Morgan fingerprint density at radius 2 is 1.82 bits per heavy atom. The van der Waals surface area contributed by atoms with Crippen LogP contribution in [0.25, 0.3) is 0 Å². The first-order chi connectivity index (χ1) is 10.3. The SMILES string of the molecule is CCCNCCNC(=O)C1(c2ccccc2)CCOCC1.Cl. The van der Waals surface area contributed by atoms with Gasteiger partial charge in [-0.25, -0.2) is 0 Å². The van der Waals surface area contributed by atoms with Crippen LogP contribution in [-0.4, -0.2) is 38.8 Å². The van der Waals surface area contributed by atoms with E-state index < -0.39 is 5.41 Å². The third kappa shape index (κ3) is 4.70. The van der Waals surface area contributed by atoms with Crippen LogP contribution in [0.2, 0.25) is 0 Å². The smallest absolute Gasteiger partial charge is 0.230 e. The van der Waals surface area contributed by atoms with E-state index >= 15 is 0 Å². The average molecular weight is 327 g/mol. The van der Waals surface area contributed by atoms with E-state index in [1.807, 2.05) is 18.2 Å². The maximum Gasteiger partial charge on any atom is 0.230 e. The van der Waals surface area contributed by atoms with Gasteiger partial charge in [0.25, 0.3) is 0 Å². The molecule has 4 nitrogen and oxygen atoms in total. The molecule has 22 heavy (non-hydrogen) atoms. The molecule has 2 N–H and O–H groups in total. The zero-order valence-corrected chi connectivity index (χ0v) is 14.1. The molecule has 1 aromatic rings. The molecule has 0 aromatic heterocycles. The molecule has 0 unspecified atom stereocenters. The number of benzene rings is 1. The molecule has 1 saturated heterocycles. The Labute approximate surface area is 139 Å². The summed E-state index contributed by atoms with van der Waals surface area (Å²) in [7, 11) is 0. The minimum absolute atomic E-state index is 0. The molecule has 0 spiro atoms. The van der Waals surface area contributed by atoms with Crippen molar-refractivity contribution < 1.29 is 9.53 Å². The number of carbonyl (C=O) groups excluding carboxylic acids is 1. The zero-order chi connectivity index (χ0) is 15.0. The summed E-state index contributed by atoms with van der Waals surface area (Å²) in [6, 6.07) is 10.1. The van der Waals surface area contributed by atoms with E-state index in [0.717, 1.165) is 37.9 Å². The maximum absolute atomic E-state index is 12.8. The molecule has 2 rings (SSSR count). The van der Waals surface area contributed by atoms with Crippen molar-refractivity contribution in [2.45, 2.75) is 31.6 Å². The van der Waals surface area contributed by atoms with E-state index in [1.165, 1.54) is 0 Å². The van der Waals surface area contributed by atoms with Gasteiger partial charge in [0.2, 0.25) is 5.91 Å². The van der Waals surface area contributed by atoms with Crippen molar-refractivity contribution in [1.82, 2.24) is 10.6 Å². The summed E-state index contributed by atoms with van der Waals surface area (Å²) in [4.78, 5) is 12.8. The van der Waals surface area contributed by atoms with Gasteiger partial charge in [-0.3, -0.25) is 4.79 Å². The molecule has 1 aliphatic rings. The molecule has 1 amide bonds. The highest BCUT2D eigenvalue weighted by Crippen LogP contribution is 2.34. The quantitative estimate of drug-likeness (QED) is 0.756. The summed E-state index contributed by atoms with van der Waals surface area (Å²) in [5.41, 5.74) is 0.678. The standard InChI is InChI=1S/C17H26N2O2.ClH/c1-2-10-18-11-12-19-16(20)17(8-13-21-14-9-17)15-6-4-3-5-7-15;/h3-7,18H,2,8-14H2,1H3,(H,19,20);1H. The number of hydrogen-bond acceptors (Lipinski definition) is 3. The van der Waals surface area contributed by atoms with Crippen molar-refractivity contribution in [3.8, 4) is 0 Å². The van der Waals surface area contributed by atoms with Gasteiger partial charge in [-0.15, -0.1) is 12.4 Å². The molecule has 0 atom stereocenters. The fraction of sp³-hybridized carbons (Fsp3) is 0.588. The summed E-state index contributed by atoms with van der Waals surface area (Å²) in [5, 5.41) is 6.40. The van der Waals surface area contributed by atoms with E-state index in [1.54, 1.807) is 0 Å². The van der Waals surface area contributed by atoms with Crippen LogP contribution in [0.4, 0.5) is 0 Å². The van der Waals surface area contributed by atoms with Gasteiger partial charge in [0.1, 0.15) is 0 Å². The third-order valence-electron chi connectivity index (χ3n) is 4.12. The Bertz CT molecular complexity index is 434. The summed E-state index contributed by atoms with van der Waals surface area (Å²) in [6.07, 6.45) is 2.62. The van der Waals surface area contributed by atoms with E-state index in [9.17, 15) is 4.79 Å². The number of ether oxygens (including phenoxy) is 1. The predicted octanol–water partition coefficient (Wildman–Crippen LogP) is 2.27. The lowest BCUT2D eigenvalue weighted by molar-refractivity contribution is -0.130. The maximum atomic E-state index is 12.8. The van der Waals surface area contributed by atoms with Gasteiger partial charge in [0.05, 0.1) is 5.41 Å². The van der Waals surface area contributed by atoms with Crippen molar-refractivity contribution in [2.75, 3.05) is 32.8 Å². The Morgan fingerprint density at radius 3 is 2.45 bits per heavy atom. The topological polar surface area (TPSA) is 50.4 Å². The van der Waals surface area contributed by atoms with Gasteiger partial charge in [0.15, 0.2) is 0 Å². The fourth-order valence-corrected chi connectivity index (χ4v) is 2.86. The molecule has 1 heterocycles. The van der Waals surface area contributed by atoms with Gasteiger partial charge in [0, 0.05) is 26.3 Å². The Kier molecular flexibility index (Phi) is 8.46. The van der Waals surface area contributed by atoms with Gasteiger partial charge >= 0.3 is 0 Å². The minimum atomic E-state index is -0.426. The van der Waals surface area contributed by atoms with Crippen LogP contribution >= 0.6 is 12.4 Å². The lowest BCUT2D eigenvalue weighted by Gasteiger charge is -2.36. The lowest BCUT2D eigenvalue weighted by Crippen LogP contribution is -2.49. The Morgan fingerprint density at radius 1 is 1.14 bits per heavy atom. The second-order valence-corrected chi connectivity index (χ2v) is 5.57. The Hall–Kier alpha value is -1.10. The molecule has 1 aromatic carbocycles. The molecule has 0 aliphatic carbocycles. The van der Waals surface area contributed by atoms with Gasteiger partial charge in [-0.05, 0) is 31.4 Å². The van der Waals surface area contributed by atoms with Crippen LogP contribution in [0.5, 0.6) is 0 Å². The molecular formula is C17H27ClN2O2. The largest absolute Gasteiger partial charge is 0.381 e. The number of carbonyl (C=O) groups is 1. The second-order valence-electron chi connectivity index (χ2n) is 5.57. The predicted molar refractivity (Wildman–Crippen MR) is 91.6 cm³/mol. The zero-order valence-electron chi connectivity index (χ0n) is 13.3. The van der Waals surface area contributed by atoms with Crippen LogP contribution in [0.3, 0.4) is 0 Å². The Balaban J connectivity index is 0.00000242. The van der Waals surface area contributed by atoms with Gasteiger partial charge < -0.3 is 15.4 Å². The van der Waals surface area contributed by atoms with Crippen molar-refractivity contribution in [2.24, 2.45) is 0 Å². The first-order valence-electron chi connectivity index (χ1n) is 7.92. The van der Waals surface area contributed by atoms with Crippen molar-refractivity contribution >= 4 is 18.3 Å². The van der Waals surface area contributed by atoms with Crippen LogP contribution in [0.1, 0.15) is 31.7 Å². The van der Waals surface area contributed by atoms with Crippen LogP contribution < -0.4 is 10.6 Å². The van der Waals surface area contributed by atoms with Crippen LogP contribution in [-0.2, 0) is 14.9 Å². The molecule has 124 valence electrons. The molecule has 0 radical (unpaired) electrons. The summed E-state index contributed by atoms with van der Waals surface area (Å²) >= 11 is 0. The normalized spacial score (nSPS) is 16.6. The number of hydrogen-bond donors (Lipinski definition) is 2. The number of amides is 1. The van der Waals surface area contributed by atoms with E-state index in [0.29, 0.717) is 19.8 Å². The molecule has 0 bridgehead atoms. The average Bonchev–Trinajstić information content (AvgIpc) is 2.56. The lowest BCUT2D eigenvalue weighted by atomic mass is 9.73. The van der Waals surface area contributed by atoms with Crippen molar-refractivity contribution in [3.63, 3.8) is 0 Å². The monoisotopic (exact) mass is 326 g/mol. The summed E-state index contributed by atoms with van der Waals surface area (Å²) in [5.74, 6) is 0.135. The summed E-state index contributed by atoms with van der Waals surface area (Å²) < 4.78 is 5.46. The third-order valence-corrected chi connectivity index (χ3v) is 4.12. The van der Waals surface area contributed by atoms with Crippen LogP contribution in [0.15, 0.2) is 30.3 Å². The highest BCUT2D eigenvalue weighted by Gasteiger charge is 2.41. The molecule has 1 aliphatic heterocycles. The van der Waals surface area contributed by atoms with Crippen molar-refractivity contribution in [1.29, 1.82) is 0 Å². The number of nitrogens with one attached hydrogen (secondary N) is 2. The second kappa shape index (κ2) is 9.82. The van der Waals surface area contributed by atoms with Gasteiger partial charge in [-0.1, -0.05) is 37.3 Å². The van der Waals surface area contributed by atoms with Crippen molar-refractivity contribution in [3.05, 3.63) is 35.9 Å². The first kappa shape index (κ1) is 18.9. The first-order valence-corrected chi connectivity index (χ1v) is 7.92. The highest BCUT2D eigenvalue weighted by atomic mass is 35.5. The molecular weight excluding hydrogens is 300 g/mol.